The zero-order valence-electron chi connectivity index (χ0n) is 12.2. The van der Waals surface area contributed by atoms with Crippen molar-refractivity contribution in [2.24, 2.45) is 0 Å². The van der Waals surface area contributed by atoms with Crippen LogP contribution in [0.1, 0.15) is 27.2 Å². The first-order chi connectivity index (χ1) is 9.41. The number of aromatic nitrogens is 2. The molecule has 2 heterocycles. The monoisotopic (exact) mass is 298 g/mol. The molecule has 112 valence electrons. The molecule has 1 aromatic rings. The van der Waals surface area contributed by atoms with Crippen molar-refractivity contribution in [3.63, 3.8) is 0 Å². The summed E-state index contributed by atoms with van der Waals surface area (Å²) in [7, 11) is -2.89. The molecule has 1 unspecified atom stereocenters. The molecule has 0 radical (unpaired) electrons. The average Bonchev–Trinajstić information content (AvgIpc) is 2.70. The highest BCUT2D eigenvalue weighted by Crippen LogP contribution is 2.23. The van der Waals surface area contributed by atoms with Gasteiger partial charge in [-0.25, -0.2) is 13.4 Å². The lowest BCUT2D eigenvalue weighted by Crippen LogP contribution is -2.36. The predicted molar refractivity (Wildman–Crippen MR) is 80.9 cm³/mol. The zero-order chi connectivity index (χ0) is 14.8. The molecule has 1 fully saturated rings. The summed E-state index contributed by atoms with van der Waals surface area (Å²) in [6, 6.07) is 2.11. The second-order valence-electron chi connectivity index (χ2n) is 5.38. The Hall–Kier alpha value is -1.37. The fourth-order valence-electron chi connectivity index (χ4n) is 2.47. The van der Waals surface area contributed by atoms with Gasteiger partial charge < -0.3 is 10.2 Å². The number of nitrogens with zero attached hydrogens (tertiary/aromatic N) is 3. The number of hydrogen-bond acceptors (Lipinski definition) is 6. The van der Waals surface area contributed by atoms with Gasteiger partial charge in [0.15, 0.2) is 9.84 Å². The summed E-state index contributed by atoms with van der Waals surface area (Å²) in [4.78, 5) is 10.7. The first kappa shape index (κ1) is 15.0. The summed E-state index contributed by atoms with van der Waals surface area (Å²) in [6.45, 7) is 6.80. The van der Waals surface area contributed by atoms with Crippen molar-refractivity contribution >= 4 is 21.6 Å². The lowest BCUT2D eigenvalue weighted by Gasteiger charge is -2.28. The highest BCUT2D eigenvalue weighted by atomic mass is 32.2. The maximum atomic E-state index is 11.6. The summed E-state index contributed by atoms with van der Waals surface area (Å²) in [6.07, 6.45) is 2.38. The van der Waals surface area contributed by atoms with Crippen LogP contribution in [0, 0.1) is 0 Å². The molecule has 0 amide bonds. The van der Waals surface area contributed by atoms with Gasteiger partial charge in [-0.2, -0.15) is 4.98 Å². The Kier molecular flexibility index (Phi) is 4.47. The average molecular weight is 298 g/mol. The van der Waals surface area contributed by atoms with Gasteiger partial charge in [0.05, 0.1) is 11.5 Å². The Bertz CT molecular complexity index is 559. The maximum Gasteiger partial charge on any atom is 0.224 e. The molecule has 1 aliphatic rings. The smallest absolute Gasteiger partial charge is 0.224 e. The van der Waals surface area contributed by atoms with Gasteiger partial charge in [-0.1, -0.05) is 0 Å². The van der Waals surface area contributed by atoms with Crippen LogP contribution in [0.15, 0.2) is 12.3 Å². The lowest BCUT2D eigenvalue weighted by atomic mass is 10.2. The van der Waals surface area contributed by atoms with E-state index in [0.717, 1.165) is 12.4 Å². The Morgan fingerprint density at radius 1 is 1.50 bits per heavy atom. The molecule has 1 aliphatic heterocycles. The van der Waals surface area contributed by atoms with Gasteiger partial charge in [0.2, 0.25) is 5.95 Å². The van der Waals surface area contributed by atoms with Gasteiger partial charge in [0.25, 0.3) is 0 Å². The molecule has 1 aromatic heterocycles. The number of rotatable bonds is 5. The molecular weight excluding hydrogens is 276 g/mol. The predicted octanol–water partition coefficient (Wildman–Crippen LogP) is 1.31. The molecule has 2 rings (SSSR count). The highest BCUT2D eigenvalue weighted by Gasteiger charge is 2.32. The third-order valence-electron chi connectivity index (χ3n) is 3.34. The molecule has 0 bridgehead atoms. The van der Waals surface area contributed by atoms with E-state index in [2.05, 4.69) is 20.2 Å². The number of nitrogens with one attached hydrogen (secondary N) is 1. The maximum absolute atomic E-state index is 11.6. The second kappa shape index (κ2) is 5.95. The Morgan fingerprint density at radius 3 is 2.80 bits per heavy atom. The molecule has 1 saturated heterocycles. The van der Waals surface area contributed by atoms with Crippen molar-refractivity contribution < 1.29 is 8.42 Å². The van der Waals surface area contributed by atoms with E-state index in [0.29, 0.717) is 12.4 Å². The third kappa shape index (κ3) is 3.59. The first-order valence-corrected chi connectivity index (χ1v) is 8.80. The van der Waals surface area contributed by atoms with Crippen LogP contribution in [0.4, 0.5) is 11.8 Å². The molecule has 1 atom stereocenters. The minimum Gasteiger partial charge on any atom is -0.353 e. The van der Waals surface area contributed by atoms with Crippen molar-refractivity contribution in [3.05, 3.63) is 12.3 Å². The second-order valence-corrected chi connectivity index (χ2v) is 7.61. The summed E-state index contributed by atoms with van der Waals surface area (Å²) < 4.78 is 23.3. The minimum absolute atomic E-state index is 0.0202. The Balaban J connectivity index is 2.19. The molecule has 0 spiro atoms. The van der Waals surface area contributed by atoms with E-state index in [9.17, 15) is 8.42 Å². The van der Waals surface area contributed by atoms with Gasteiger partial charge in [-0.05, 0) is 33.3 Å². The summed E-state index contributed by atoms with van der Waals surface area (Å²) in [5.74, 6) is 1.86. The van der Waals surface area contributed by atoms with Crippen molar-refractivity contribution in [3.8, 4) is 0 Å². The third-order valence-corrected chi connectivity index (χ3v) is 5.09. The van der Waals surface area contributed by atoms with Crippen LogP contribution >= 0.6 is 0 Å². The highest BCUT2D eigenvalue weighted by molar-refractivity contribution is 7.91. The van der Waals surface area contributed by atoms with E-state index >= 15 is 0 Å². The summed E-state index contributed by atoms with van der Waals surface area (Å²) in [5.41, 5.74) is 0. The van der Waals surface area contributed by atoms with Crippen molar-refractivity contribution in [1.82, 2.24) is 9.97 Å². The van der Waals surface area contributed by atoms with Crippen LogP contribution in [0.3, 0.4) is 0 Å². The number of hydrogen-bond donors (Lipinski definition) is 1. The van der Waals surface area contributed by atoms with Crippen LogP contribution in [0.2, 0.25) is 0 Å². The van der Waals surface area contributed by atoms with E-state index in [-0.39, 0.29) is 23.6 Å². The van der Waals surface area contributed by atoms with Gasteiger partial charge >= 0.3 is 0 Å². The van der Waals surface area contributed by atoms with E-state index in [4.69, 9.17) is 0 Å². The van der Waals surface area contributed by atoms with Crippen LogP contribution in [0.5, 0.6) is 0 Å². The van der Waals surface area contributed by atoms with Gasteiger partial charge in [-0.15, -0.1) is 0 Å². The number of sulfone groups is 1. The normalized spacial score (nSPS) is 21.1. The van der Waals surface area contributed by atoms with E-state index in [1.165, 1.54) is 0 Å². The molecule has 1 N–H and O–H groups in total. The molecule has 20 heavy (non-hydrogen) atoms. The Morgan fingerprint density at radius 2 is 2.25 bits per heavy atom. The summed E-state index contributed by atoms with van der Waals surface area (Å²) in [5, 5.41) is 3.16. The fraction of sp³-hybridized carbons (Fsp3) is 0.692. The number of anilines is 2. The van der Waals surface area contributed by atoms with E-state index < -0.39 is 9.84 Å². The quantitative estimate of drug-likeness (QED) is 0.883. The largest absolute Gasteiger partial charge is 0.353 e. The topological polar surface area (TPSA) is 75.2 Å². The molecule has 0 saturated carbocycles. The SMILES string of the molecule is CCN(c1ccnc(NC(C)C)n1)C1CCS(=O)(=O)C1. The fourth-order valence-corrected chi connectivity index (χ4v) is 4.20. The molecule has 6 nitrogen and oxygen atoms in total. The minimum atomic E-state index is -2.89. The molecule has 0 aromatic carbocycles. The van der Waals surface area contributed by atoms with Crippen molar-refractivity contribution in [2.45, 2.75) is 39.3 Å². The zero-order valence-corrected chi connectivity index (χ0v) is 13.0. The first-order valence-electron chi connectivity index (χ1n) is 6.98. The Labute approximate surface area is 120 Å². The van der Waals surface area contributed by atoms with Gasteiger partial charge in [0, 0.05) is 24.8 Å². The standard InChI is InChI=1S/C13H22N4O2S/c1-4-17(11-6-8-20(18,19)9-11)12-5-7-14-13(16-12)15-10(2)3/h5,7,10-11H,4,6,8-9H2,1-3H3,(H,14,15,16). The van der Waals surface area contributed by atoms with E-state index in [1.807, 2.05) is 26.8 Å². The van der Waals surface area contributed by atoms with Gasteiger partial charge in [0.1, 0.15) is 5.82 Å². The van der Waals surface area contributed by atoms with E-state index in [1.54, 1.807) is 6.20 Å². The summed E-state index contributed by atoms with van der Waals surface area (Å²) >= 11 is 0. The molecule has 0 aliphatic carbocycles. The van der Waals surface area contributed by atoms with Crippen LogP contribution in [-0.2, 0) is 9.84 Å². The van der Waals surface area contributed by atoms with Crippen LogP contribution in [-0.4, -0.2) is 48.5 Å². The molecule has 7 heteroatoms. The van der Waals surface area contributed by atoms with Gasteiger partial charge in [-0.3, -0.25) is 0 Å². The lowest BCUT2D eigenvalue weighted by molar-refractivity contribution is 0.599. The van der Waals surface area contributed by atoms with Crippen molar-refractivity contribution in [1.29, 1.82) is 0 Å². The van der Waals surface area contributed by atoms with Crippen LogP contribution in [0.25, 0.3) is 0 Å². The molecular formula is C13H22N4O2S. The van der Waals surface area contributed by atoms with Crippen molar-refractivity contribution in [2.75, 3.05) is 28.3 Å². The van der Waals surface area contributed by atoms with Crippen LogP contribution < -0.4 is 10.2 Å².